The van der Waals surface area contributed by atoms with E-state index in [1.807, 2.05) is 0 Å². The van der Waals surface area contributed by atoms with Crippen LogP contribution in [0.25, 0.3) is 11.3 Å². The molecule has 0 amide bonds. The Morgan fingerprint density at radius 2 is 1.87 bits per heavy atom. The zero-order chi connectivity index (χ0) is 10.8. The molecule has 2 nitrogen and oxygen atoms in total. The molecule has 2 N–H and O–H groups in total. The summed E-state index contributed by atoms with van der Waals surface area (Å²) >= 11 is 0. The summed E-state index contributed by atoms with van der Waals surface area (Å²) in [6, 6.07) is 6.99. The van der Waals surface area contributed by atoms with Crippen LogP contribution in [0.4, 0.5) is 8.78 Å². The second kappa shape index (κ2) is 3.82. The van der Waals surface area contributed by atoms with Gasteiger partial charge in [0.15, 0.2) is 11.6 Å². The van der Waals surface area contributed by atoms with Crippen molar-refractivity contribution in [2.75, 3.05) is 0 Å². The lowest BCUT2D eigenvalue weighted by molar-refractivity contribution is 0.505. The SMILES string of the molecule is NCc1ccc(-c2ccc(F)c(F)c2)o1. The summed E-state index contributed by atoms with van der Waals surface area (Å²) in [4.78, 5) is 0. The Hall–Kier alpha value is -1.68. The van der Waals surface area contributed by atoms with Gasteiger partial charge >= 0.3 is 0 Å². The van der Waals surface area contributed by atoms with Crippen molar-refractivity contribution in [2.24, 2.45) is 5.73 Å². The van der Waals surface area contributed by atoms with Gasteiger partial charge in [-0.1, -0.05) is 0 Å². The molecule has 0 aliphatic carbocycles. The normalized spacial score (nSPS) is 10.6. The molecular formula is C11H9F2NO. The molecule has 0 saturated carbocycles. The molecular weight excluding hydrogens is 200 g/mol. The van der Waals surface area contributed by atoms with Gasteiger partial charge in [-0.05, 0) is 30.3 Å². The van der Waals surface area contributed by atoms with Gasteiger partial charge < -0.3 is 10.2 Å². The zero-order valence-corrected chi connectivity index (χ0v) is 7.84. The van der Waals surface area contributed by atoms with Crippen molar-refractivity contribution in [1.29, 1.82) is 0 Å². The van der Waals surface area contributed by atoms with E-state index in [4.69, 9.17) is 10.2 Å². The van der Waals surface area contributed by atoms with E-state index in [0.29, 0.717) is 17.1 Å². The van der Waals surface area contributed by atoms with Crippen molar-refractivity contribution < 1.29 is 13.2 Å². The molecule has 0 saturated heterocycles. The highest BCUT2D eigenvalue weighted by Gasteiger charge is 2.07. The van der Waals surface area contributed by atoms with Crippen molar-refractivity contribution in [1.82, 2.24) is 0 Å². The molecule has 2 aromatic rings. The summed E-state index contributed by atoms with van der Waals surface area (Å²) in [6.45, 7) is 0.281. The molecule has 1 aromatic carbocycles. The lowest BCUT2D eigenvalue weighted by atomic mass is 10.1. The van der Waals surface area contributed by atoms with Crippen molar-refractivity contribution in [3.8, 4) is 11.3 Å². The van der Waals surface area contributed by atoms with Crippen LogP contribution in [0.5, 0.6) is 0 Å². The monoisotopic (exact) mass is 209 g/mol. The molecule has 15 heavy (non-hydrogen) atoms. The smallest absolute Gasteiger partial charge is 0.159 e. The summed E-state index contributed by atoms with van der Waals surface area (Å²) in [6.07, 6.45) is 0. The molecule has 2 rings (SSSR count). The minimum absolute atomic E-state index is 0.281. The largest absolute Gasteiger partial charge is 0.460 e. The van der Waals surface area contributed by atoms with Gasteiger partial charge in [0.05, 0.1) is 6.54 Å². The molecule has 0 fully saturated rings. The fourth-order valence-electron chi connectivity index (χ4n) is 1.29. The molecule has 0 radical (unpaired) electrons. The number of furan rings is 1. The third-order valence-electron chi connectivity index (χ3n) is 2.07. The van der Waals surface area contributed by atoms with Crippen LogP contribution in [-0.2, 0) is 6.54 Å². The molecule has 1 aromatic heterocycles. The first kappa shape index (κ1) is 9.86. The first-order chi connectivity index (χ1) is 7.20. The van der Waals surface area contributed by atoms with Gasteiger partial charge in [0.2, 0.25) is 0 Å². The van der Waals surface area contributed by atoms with Gasteiger partial charge in [-0.3, -0.25) is 0 Å². The van der Waals surface area contributed by atoms with Crippen molar-refractivity contribution in [3.05, 3.63) is 47.7 Å². The quantitative estimate of drug-likeness (QED) is 0.825. The van der Waals surface area contributed by atoms with E-state index >= 15 is 0 Å². The first-order valence-corrected chi connectivity index (χ1v) is 4.45. The van der Waals surface area contributed by atoms with E-state index in [2.05, 4.69) is 0 Å². The predicted octanol–water partition coefficient (Wildman–Crippen LogP) is 2.68. The zero-order valence-electron chi connectivity index (χ0n) is 7.84. The molecule has 0 atom stereocenters. The highest BCUT2D eigenvalue weighted by Crippen LogP contribution is 2.23. The maximum absolute atomic E-state index is 12.9. The van der Waals surface area contributed by atoms with E-state index in [9.17, 15) is 8.78 Å². The molecule has 4 heteroatoms. The average Bonchev–Trinajstić information content (AvgIpc) is 2.70. The Labute approximate surface area is 85.3 Å². The maximum atomic E-state index is 12.9. The highest BCUT2D eigenvalue weighted by molar-refractivity contribution is 5.57. The second-order valence-electron chi connectivity index (χ2n) is 3.10. The number of benzene rings is 1. The number of rotatable bonds is 2. The third kappa shape index (κ3) is 1.89. The van der Waals surface area contributed by atoms with Gasteiger partial charge in [-0.15, -0.1) is 0 Å². The van der Waals surface area contributed by atoms with E-state index in [-0.39, 0.29) is 6.54 Å². The van der Waals surface area contributed by atoms with Crippen LogP contribution in [0.15, 0.2) is 34.7 Å². The fraction of sp³-hybridized carbons (Fsp3) is 0.0909. The van der Waals surface area contributed by atoms with Crippen LogP contribution in [0.2, 0.25) is 0 Å². The van der Waals surface area contributed by atoms with Crippen molar-refractivity contribution in [3.63, 3.8) is 0 Å². The minimum Gasteiger partial charge on any atom is -0.460 e. The first-order valence-electron chi connectivity index (χ1n) is 4.45. The van der Waals surface area contributed by atoms with E-state index in [0.717, 1.165) is 12.1 Å². The van der Waals surface area contributed by atoms with Crippen LogP contribution >= 0.6 is 0 Å². The third-order valence-corrected chi connectivity index (χ3v) is 2.07. The number of hydrogen-bond acceptors (Lipinski definition) is 2. The Morgan fingerprint density at radius 3 is 2.47 bits per heavy atom. The lowest BCUT2D eigenvalue weighted by Crippen LogP contribution is -1.92. The minimum atomic E-state index is -0.891. The van der Waals surface area contributed by atoms with Gasteiger partial charge in [0.25, 0.3) is 0 Å². The summed E-state index contributed by atoms with van der Waals surface area (Å²) in [5.41, 5.74) is 5.86. The average molecular weight is 209 g/mol. The van der Waals surface area contributed by atoms with Gasteiger partial charge in [0.1, 0.15) is 11.5 Å². The Bertz CT molecular complexity index is 479. The highest BCUT2D eigenvalue weighted by atomic mass is 19.2. The Balaban J connectivity index is 2.40. The topological polar surface area (TPSA) is 39.2 Å². The van der Waals surface area contributed by atoms with E-state index in [1.54, 1.807) is 12.1 Å². The summed E-state index contributed by atoms with van der Waals surface area (Å²) in [7, 11) is 0. The van der Waals surface area contributed by atoms with Gasteiger partial charge in [0, 0.05) is 5.56 Å². The number of hydrogen-bond donors (Lipinski definition) is 1. The molecule has 1 heterocycles. The van der Waals surface area contributed by atoms with E-state index in [1.165, 1.54) is 6.07 Å². The van der Waals surface area contributed by atoms with Crippen LogP contribution in [0.1, 0.15) is 5.76 Å². The Morgan fingerprint density at radius 1 is 1.07 bits per heavy atom. The summed E-state index contributed by atoms with van der Waals surface area (Å²) < 4.78 is 30.9. The molecule has 0 bridgehead atoms. The van der Waals surface area contributed by atoms with Gasteiger partial charge in [-0.25, -0.2) is 8.78 Å². The summed E-state index contributed by atoms with van der Waals surface area (Å²) in [5.74, 6) is -0.674. The fourth-order valence-corrected chi connectivity index (χ4v) is 1.29. The standard InChI is InChI=1S/C11H9F2NO/c12-9-3-1-7(5-10(9)13)11-4-2-8(6-14)15-11/h1-5H,6,14H2. The molecule has 0 aliphatic heterocycles. The predicted molar refractivity (Wildman–Crippen MR) is 52.0 cm³/mol. The molecule has 0 aliphatic rings. The van der Waals surface area contributed by atoms with Crippen molar-refractivity contribution >= 4 is 0 Å². The summed E-state index contributed by atoms with van der Waals surface area (Å²) in [5, 5.41) is 0. The number of nitrogens with two attached hydrogens (primary N) is 1. The van der Waals surface area contributed by atoms with Gasteiger partial charge in [-0.2, -0.15) is 0 Å². The molecule has 0 unspecified atom stereocenters. The van der Waals surface area contributed by atoms with Crippen LogP contribution < -0.4 is 5.73 Å². The van der Waals surface area contributed by atoms with Crippen LogP contribution in [0, 0.1) is 11.6 Å². The molecule has 78 valence electrons. The van der Waals surface area contributed by atoms with E-state index < -0.39 is 11.6 Å². The number of halogens is 2. The lowest BCUT2D eigenvalue weighted by Gasteiger charge is -1.98. The van der Waals surface area contributed by atoms with Crippen LogP contribution in [-0.4, -0.2) is 0 Å². The van der Waals surface area contributed by atoms with Crippen LogP contribution in [0.3, 0.4) is 0 Å². The van der Waals surface area contributed by atoms with Crippen molar-refractivity contribution in [2.45, 2.75) is 6.54 Å². The Kier molecular flexibility index (Phi) is 2.51. The molecule has 0 spiro atoms. The second-order valence-corrected chi connectivity index (χ2v) is 3.10. The maximum Gasteiger partial charge on any atom is 0.159 e.